The van der Waals surface area contributed by atoms with E-state index in [2.05, 4.69) is 5.32 Å². The third-order valence-electron chi connectivity index (χ3n) is 2.39. The first-order valence-corrected chi connectivity index (χ1v) is 4.83. The van der Waals surface area contributed by atoms with Gasteiger partial charge in [0, 0.05) is 16.6 Å². The second-order valence-corrected chi connectivity index (χ2v) is 3.75. The Labute approximate surface area is 94.1 Å². The Kier molecular flexibility index (Phi) is 4.17. The van der Waals surface area contributed by atoms with Gasteiger partial charge in [0.05, 0.1) is 0 Å². The van der Waals surface area contributed by atoms with E-state index < -0.39 is 0 Å². The van der Waals surface area contributed by atoms with Crippen LogP contribution < -0.4 is 5.32 Å². The van der Waals surface area contributed by atoms with Crippen LogP contribution in [0.2, 0.25) is 5.02 Å². The second kappa shape index (κ2) is 4.96. The number of hydrogen-bond acceptors (Lipinski definition) is 1. The lowest BCUT2D eigenvalue weighted by molar-refractivity contribution is 0.559. The highest BCUT2D eigenvalue weighted by atomic mass is 35.5. The van der Waals surface area contributed by atoms with Gasteiger partial charge in [-0.15, -0.1) is 12.4 Å². The van der Waals surface area contributed by atoms with Crippen LogP contribution in [0.4, 0.5) is 4.39 Å². The van der Waals surface area contributed by atoms with Gasteiger partial charge in [0.1, 0.15) is 5.82 Å². The number of nitrogens with one attached hydrogen (secondary N) is 1. The van der Waals surface area contributed by atoms with Gasteiger partial charge in [-0.3, -0.25) is 0 Å². The van der Waals surface area contributed by atoms with E-state index in [1.54, 1.807) is 12.1 Å². The molecule has 0 radical (unpaired) electrons. The molecule has 1 nitrogen and oxygen atoms in total. The molecule has 1 aromatic carbocycles. The molecule has 1 heterocycles. The highest BCUT2D eigenvalue weighted by Gasteiger charge is 2.19. The van der Waals surface area contributed by atoms with Crippen LogP contribution in [-0.2, 0) is 0 Å². The van der Waals surface area contributed by atoms with Crippen LogP contribution in [0, 0.1) is 5.82 Å². The topological polar surface area (TPSA) is 12.0 Å². The van der Waals surface area contributed by atoms with E-state index >= 15 is 0 Å². The Morgan fingerprint density at radius 3 is 2.86 bits per heavy atom. The number of rotatable bonds is 1. The van der Waals surface area contributed by atoms with Gasteiger partial charge in [0.25, 0.3) is 0 Å². The minimum atomic E-state index is -0.163. The number of halogens is 3. The van der Waals surface area contributed by atoms with Crippen LogP contribution in [0.5, 0.6) is 0 Å². The number of hydrogen-bond donors (Lipinski definition) is 1. The molecule has 0 spiro atoms. The lowest BCUT2D eigenvalue weighted by Gasteiger charge is -2.11. The largest absolute Gasteiger partial charge is 0.310 e. The van der Waals surface area contributed by atoms with Crippen molar-refractivity contribution in [2.24, 2.45) is 0 Å². The standard InChI is InChI=1S/C10H11ClFN.ClH/c11-7-3-4-9(12)8(6-7)10-2-1-5-13-10;/h3-4,6,10,13H,1-2,5H2;1H/t10-;/m1./s1. The Morgan fingerprint density at radius 1 is 1.43 bits per heavy atom. The normalized spacial score (nSPS) is 20.6. The van der Waals surface area contributed by atoms with E-state index in [9.17, 15) is 4.39 Å². The molecular formula is C10H12Cl2FN. The molecular weight excluding hydrogens is 224 g/mol. The fourth-order valence-corrected chi connectivity index (χ4v) is 1.91. The zero-order chi connectivity index (χ0) is 9.26. The third kappa shape index (κ3) is 2.38. The van der Waals surface area contributed by atoms with Crippen LogP contribution in [0.15, 0.2) is 18.2 Å². The van der Waals surface area contributed by atoms with E-state index in [1.165, 1.54) is 6.07 Å². The molecule has 0 saturated carbocycles. The fourth-order valence-electron chi connectivity index (χ4n) is 1.73. The van der Waals surface area contributed by atoms with Crippen LogP contribution in [0.1, 0.15) is 24.4 Å². The Balaban J connectivity index is 0.000000980. The maximum absolute atomic E-state index is 13.3. The average molecular weight is 236 g/mol. The van der Waals surface area contributed by atoms with Crippen molar-refractivity contribution in [3.8, 4) is 0 Å². The van der Waals surface area contributed by atoms with E-state index in [-0.39, 0.29) is 24.3 Å². The maximum atomic E-state index is 13.3. The molecule has 1 aliphatic heterocycles. The smallest absolute Gasteiger partial charge is 0.128 e. The van der Waals surface area contributed by atoms with Gasteiger partial charge < -0.3 is 5.32 Å². The first-order valence-electron chi connectivity index (χ1n) is 4.46. The van der Waals surface area contributed by atoms with Gasteiger partial charge in [-0.05, 0) is 37.6 Å². The summed E-state index contributed by atoms with van der Waals surface area (Å²) in [6.07, 6.45) is 2.11. The zero-order valence-corrected chi connectivity index (χ0v) is 9.17. The molecule has 1 fully saturated rings. The lowest BCUT2D eigenvalue weighted by atomic mass is 10.1. The summed E-state index contributed by atoms with van der Waals surface area (Å²) in [7, 11) is 0. The minimum Gasteiger partial charge on any atom is -0.310 e. The van der Waals surface area contributed by atoms with E-state index in [4.69, 9.17) is 11.6 Å². The van der Waals surface area contributed by atoms with Crippen LogP contribution >= 0.6 is 24.0 Å². The minimum absolute atomic E-state index is 0. The van der Waals surface area contributed by atoms with Crippen molar-refractivity contribution in [1.29, 1.82) is 0 Å². The van der Waals surface area contributed by atoms with Crippen LogP contribution in [0.3, 0.4) is 0 Å². The Hall–Kier alpha value is -0.310. The molecule has 14 heavy (non-hydrogen) atoms. The van der Waals surface area contributed by atoms with Crippen molar-refractivity contribution >= 4 is 24.0 Å². The monoisotopic (exact) mass is 235 g/mol. The van der Waals surface area contributed by atoms with E-state index in [1.807, 2.05) is 0 Å². The average Bonchev–Trinajstić information content (AvgIpc) is 2.61. The SMILES string of the molecule is Cl.Fc1ccc(Cl)cc1[C@H]1CCCN1. The van der Waals surface area contributed by atoms with Crippen molar-refractivity contribution < 1.29 is 4.39 Å². The predicted octanol–water partition coefficient (Wildman–Crippen LogP) is 3.33. The molecule has 0 amide bonds. The third-order valence-corrected chi connectivity index (χ3v) is 2.63. The predicted molar refractivity (Wildman–Crippen MR) is 58.6 cm³/mol. The van der Waals surface area contributed by atoms with Crippen molar-refractivity contribution in [2.75, 3.05) is 6.54 Å². The Morgan fingerprint density at radius 2 is 2.21 bits per heavy atom. The molecule has 0 aliphatic carbocycles. The molecule has 1 aliphatic rings. The molecule has 0 aromatic heterocycles. The van der Waals surface area contributed by atoms with Crippen molar-refractivity contribution in [3.63, 3.8) is 0 Å². The van der Waals surface area contributed by atoms with Crippen molar-refractivity contribution in [1.82, 2.24) is 5.32 Å². The Bertz CT molecular complexity index is 311. The number of benzene rings is 1. The van der Waals surface area contributed by atoms with Crippen LogP contribution in [-0.4, -0.2) is 6.54 Å². The molecule has 1 N–H and O–H groups in total. The molecule has 78 valence electrons. The summed E-state index contributed by atoms with van der Waals surface area (Å²) in [6, 6.07) is 4.87. The van der Waals surface area contributed by atoms with Gasteiger partial charge in [-0.2, -0.15) is 0 Å². The summed E-state index contributed by atoms with van der Waals surface area (Å²) in [5.41, 5.74) is 0.699. The molecule has 1 aromatic rings. The molecule has 0 bridgehead atoms. The van der Waals surface area contributed by atoms with Gasteiger partial charge >= 0.3 is 0 Å². The summed E-state index contributed by atoms with van der Waals surface area (Å²) < 4.78 is 13.3. The van der Waals surface area contributed by atoms with E-state index in [0.717, 1.165) is 19.4 Å². The fraction of sp³-hybridized carbons (Fsp3) is 0.400. The zero-order valence-electron chi connectivity index (χ0n) is 7.59. The van der Waals surface area contributed by atoms with Crippen LogP contribution in [0.25, 0.3) is 0 Å². The molecule has 1 saturated heterocycles. The summed E-state index contributed by atoms with van der Waals surface area (Å²) in [5, 5.41) is 3.84. The summed E-state index contributed by atoms with van der Waals surface area (Å²) >= 11 is 5.80. The second-order valence-electron chi connectivity index (χ2n) is 3.31. The first-order chi connectivity index (χ1) is 6.27. The van der Waals surface area contributed by atoms with Crippen molar-refractivity contribution in [3.05, 3.63) is 34.6 Å². The quantitative estimate of drug-likeness (QED) is 0.788. The van der Waals surface area contributed by atoms with Crippen molar-refractivity contribution in [2.45, 2.75) is 18.9 Å². The summed E-state index contributed by atoms with van der Waals surface area (Å²) in [4.78, 5) is 0. The van der Waals surface area contributed by atoms with Gasteiger partial charge in [-0.25, -0.2) is 4.39 Å². The van der Waals surface area contributed by atoms with Gasteiger partial charge in [0.15, 0.2) is 0 Å². The first kappa shape index (κ1) is 11.8. The van der Waals surface area contributed by atoms with E-state index in [0.29, 0.717) is 10.6 Å². The highest BCUT2D eigenvalue weighted by Crippen LogP contribution is 2.27. The molecule has 2 rings (SSSR count). The molecule has 0 unspecified atom stereocenters. The van der Waals surface area contributed by atoms with Gasteiger partial charge in [-0.1, -0.05) is 11.6 Å². The lowest BCUT2D eigenvalue weighted by Crippen LogP contribution is -2.14. The molecule has 1 atom stereocenters. The highest BCUT2D eigenvalue weighted by molar-refractivity contribution is 6.30. The summed E-state index contributed by atoms with van der Waals surface area (Å²) in [6.45, 7) is 0.969. The molecule has 4 heteroatoms. The van der Waals surface area contributed by atoms with Gasteiger partial charge in [0.2, 0.25) is 0 Å². The summed E-state index contributed by atoms with van der Waals surface area (Å²) in [5.74, 6) is -0.163. The maximum Gasteiger partial charge on any atom is 0.128 e.